The molecule has 0 radical (unpaired) electrons. The fourth-order valence-corrected chi connectivity index (χ4v) is 18.5. The summed E-state index contributed by atoms with van der Waals surface area (Å²) >= 11 is 0. The first-order chi connectivity index (χ1) is 54.1. The smallest absolute Gasteiger partial charge is 0.105 e. The molecule has 0 spiro atoms. The summed E-state index contributed by atoms with van der Waals surface area (Å²) < 4.78 is 12.8. The zero-order valence-corrected chi connectivity index (χ0v) is 59.6. The van der Waals surface area contributed by atoms with Crippen LogP contribution >= 0.6 is 0 Å². The van der Waals surface area contributed by atoms with Crippen molar-refractivity contribution in [2.24, 2.45) is 0 Å². The average Bonchev–Trinajstić information content (AvgIpc) is 1.68. The zero-order valence-electron chi connectivity index (χ0n) is 59.6. The number of fused-ring (bicyclic) bond motifs is 15. The minimum Gasteiger partial charge on any atom is -0.306 e. The van der Waals surface area contributed by atoms with Gasteiger partial charge in [0, 0.05) is 60.4 Å². The maximum absolute atomic E-state index is 13.9. The molecule has 0 aliphatic heterocycles. The van der Waals surface area contributed by atoms with E-state index in [0.29, 0.717) is 5.56 Å². The van der Waals surface area contributed by atoms with Crippen LogP contribution < -0.4 is 0 Å². The highest BCUT2D eigenvalue weighted by molar-refractivity contribution is 6.17. The minimum absolute atomic E-state index is 0.0794. The molecule has 0 saturated carbocycles. The topological polar surface area (TPSA) is 48.4 Å². The monoisotopic (exact) mass is 1390 g/mol. The van der Waals surface area contributed by atoms with Gasteiger partial charge in [0.1, 0.15) is 11.6 Å². The summed E-state index contributed by atoms with van der Waals surface area (Å²) in [4.78, 5) is 0. The number of allylic oxidation sites excluding steroid dienone is 2. The third kappa shape index (κ3) is 9.67. The number of nitrogens with zero attached hydrogens (tertiary/aromatic N) is 6. The number of nitriles is 1. The molecule has 0 saturated heterocycles. The second kappa shape index (κ2) is 25.0. The van der Waals surface area contributed by atoms with Crippen LogP contribution in [0.1, 0.15) is 46.0 Å². The van der Waals surface area contributed by atoms with Crippen molar-refractivity contribution in [2.75, 3.05) is 0 Å². The Morgan fingerprint density at radius 1 is 0.257 bits per heavy atom. The highest BCUT2D eigenvalue weighted by Gasteiger charge is 2.38. The first kappa shape index (κ1) is 62.2. The van der Waals surface area contributed by atoms with Crippen LogP contribution in [0.15, 0.2) is 358 Å². The summed E-state index contributed by atoms with van der Waals surface area (Å²) in [5, 5.41) is 22.8. The summed E-state index contributed by atoms with van der Waals surface area (Å²) in [5.41, 5.74) is 29.9. The molecule has 2 aliphatic rings. The summed E-state index contributed by atoms with van der Waals surface area (Å²) in [7, 11) is 0. The molecule has 20 aromatic rings. The van der Waals surface area contributed by atoms with E-state index in [2.05, 4.69) is 399 Å². The van der Waals surface area contributed by atoms with Gasteiger partial charge < -0.3 is 22.8 Å². The SMILES string of the molecule is N#Cc1c(-n2c3c(c4cc(-c5ccccc5)ccc42)CC(c2ccccc2)C=C3)c(-n2c3c(c4ccccc42)CCC=C3)c(-n2c3ccc(-c4ccccc4)cc3c3cc(-c4ccccc4)ccc32)c(-n2c3ccccc3c3ccccc32)c1-n1c2ccc(-c3ccccc3)cc2c2cc(-c3ccccc3)ccc21. The van der Waals surface area contributed by atoms with E-state index in [4.69, 9.17) is 0 Å². The van der Waals surface area contributed by atoms with Crippen LogP contribution in [0.4, 0.5) is 0 Å². The number of hydrogen-bond acceptors (Lipinski definition) is 1. The van der Waals surface area contributed by atoms with Gasteiger partial charge in [0.25, 0.3) is 0 Å². The van der Waals surface area contributed by atoms with Gasteiger partial charge in [-0.15, -0.1) is 0 Å². The van der Waals surface area contributed by atoms with Gasteiger partial charge in [-0.25, -0.2) is 0 Å². The fraction of sp³-hybridized carbons (Fsp3) is 0.0388. The molecule has 6 heteroatoms. The summed E-state index contributed by atoms with van der Waals surface area (Å²) in [6.45, 7) is 0. The Bertz CT molecular complexity index is 6970. The van der Waals surface area contributed by atoms with Gasteiger partial charge >= 0.3 is 0 Å². The van der Waals surface area contributed by atoms with Crippen LogP contribution in [-0.2, 0) is 12.8 Å². The van der Waals surface area contributed by atoms with Gasteiger partial charge in [-0.3, -0.25) is 0 Å². The minimum atomic E-state index is 0.0794. The Labute approximate surface area is 630 Å². The molecule has 6 nitrogen and oxygen atoms in total. The number of benzene rings is 15. The Kier molecular flexibility index (Phi) is 14.2. The van der Waals surface area contributed by atoms with Gasteiger partial charge in [-0.1, -0.05) is 279 Å². The molecule has 510 valence electrons. The molecule has 1 atom stereocenters. The van der Waals surface area contributed by atoms with Crippen LogP contribution in [0, 0.1) is 11.3 Å². The highest BCUT2D eigenvalue weighted by Crippen LogP contribution is 2.54. The van der Waals surface area contributed by atoms with Crippen LogP contribution in [-0.4, -0.2) is 22.8 Å². The van der Waals surface area contributed by atoms with Gasteiger partial charge in [0.2, 0.25) is 0 Å². The fourth-order valence-electron chi connectivity index (χ4n) is 18.5. The van der Waals surface area contributed by atoms with Crippen molar-refractivity contribution in [1.82, 2.24) is 22.8 Å². The summed E-state index contributed by atoms with van der Waals surface area (Å²) in [6, 6.07) is 130. The lowest BCUT2D eigenvalue weighted by molar-refractivity contribution is 0.824. The van der Waals surface area contributed by atoms with E-state index in [-0.39, 0.29) is 5.92 Å². The molecule has 15 aromatic carbocycles. The predicted molar refractivity (Wildman–Crippen MR) is 454 cm³/mol. The molecular formula is C103H68N6. The largest absolute Gasteiger partial charge is 0.306 e. The molecular weight excluding hydrogens is 1320 g/mol. The first-order valence-corrected chi connectivity index (χ1v) is 37.9. The van der Waals surface area contributed by atoms with E-state index >= 15 is 0 Å². The zero-order chi connectivity index (χ0) is 71.8. The average molecular weight is 1390 g/mol. The standard InChI is InChI=1S/C103H68N6/c104-65-88-99(105-93-53-47-72(66-27-7-1-8-28-66)59-82(93)83-60-73(48-54-94(83)105)67-29-9-2-10-30-67)101(107-89-43-23-19-39-78(89)79-40-20-24-44-90(79)107)103(109-97-57-51-76(70-35-15-5-16-36-70)63-86(97)87-64-77(52-58-98(87)109)71-37-17-6-18-38-71)102(108-91-45-25-21-41-80(91)81-42-22-26-46-92(81)108)100(88)106-95-55-49-74(68-31-11-3-12-32-68)61-84(95)85-62-75(50-56-96(85)106)69-33-13-4-14-34-69/h1-21,23-41,43-61,63-64,75H,22,42,62H2. The maximum Gasteiger partial charge on any atom is 0.105 e. The number of aromatic nitrogens is 5. The second-order valence-electron chi connectivity index (χ2n) is 29.2. The van der Waals surface area contributed by atoms with Crippen molar-refractivity contribution < 1.29 is 0 Å². The number of para-hydroxylation sites is 3. The molecule has 0 N–H and O–H groups in total. The molecule has 0 amide bonds. The quantitative estimate of drug-likeness (QED) is 0.127. The van der Waals surface area contributed by atoms with Crippen molar-refractivity contribution in [3.8, 4) is 90.1 Å². The predicted octanol–water partition coefficient (Wildman–Crippen LogP) is 26.4. The van der Waals surface area contributed by atoms with E-state index in [1.807, 2.05) is 0 Å². The third-order valence-corrected chi connectivity index (χ3v) is 23.4. The lowest BCUT2D eigenvalue weighted by Gasteiger charge is -2.31. The van der Waals surface area contributed by atoms with E-state index in [1.54, 1.807) is 0 Å². The highest BCUT2D eigenvalue weighted by atomic mass is 15.2. The van der Waals surface area contributed by atoms with Gasteiger partial charge in [-0.05, 0) is 183 Å². The Balaban J connectivity index is 1.02. The Hall–Kier alpha value is -14.3. The third-order valence-electron chi connectivity index (χ3n) is 23.4. The normalized spacial score (nSPS) is 13.4. The van der Waals surface area contributed by atoms with Crippen molar-refractivity contribution in [1.29, 1.82) is 5.26 Å². The van der Waals surface area contributed by atoms with Gasteiger partial charge in [-0.2, -0.15) is 5.26 Å². The Morgan fingerprint density at radius 3 is 1.00 bits per heavy atom. The first-order valence-electron chi connectivity index (χ1n) is 37.9. The van der Waals surface area contributed by atoms with E-state index in [0.717, 1.165) is 197 Å². The molecule has 0 bridgehead atoms. The van der Waals surface area contributed by atoms with E-state index in [9.17, 15) is 5.26 Å². The maximum atomic E-state index is 13.9. The van der Waals surface area contributed by atoms with Crippen molar-refractivity contribution in [3.05, 3.63) is 392 Å². The molecule has 1 unspecified atom stereocenters. The van der Waals surface area contributed by atoms with Crippen LogP contribution in [0.5, 0.6) is 0 Å². The van der Waals surface area contributed by atoms with Crippen molar-refractivity contribution in [2.45, 2.75) is 25.2 Å². The summed E-state index contributed by atoms with van der Waals surface area (Å²) in [6.07, 6.45) is 12.0. The molecule has 5 heterocycles. The van der Waals surface area contributed by atoms with Crippen LogP contribution in [0.25, 0.3) is 183 Å². The second-order valence-corrected chi connectivity index (χ2v) is 29.2. The number of hydrogen-bond donors (Lipinski definition) is 0. The summed E-state index contributed by atoms with van der Waals surface area (Å²) in [5.74, 6) is 0.0794. The molecule has 22 rings (SSSR count). The molecule has 0 fully saturated rings. The van der Waals surface area contributed by atoms with Crippen molar-refractivity contribution in [3.63, 3.8) is 0 Å². The van der Waals surface area contributed by atoms with E-state index < -0.39 is 0 Å². The van der Waals surface area contributed by atoms with Crippen molar-refractivity contribution >= 4 is 99.4 Å². The lowest BCUT2D eigenvalue weighted by atomic mass is 9.86. The van der Waals surface area contributed by atoms with E-state index in [1.165, 1.54) is 22.1 Å². The lowest BCUT2D eigenvalue weighted by Crippen LogP contribution is -2.20. The van der Waals surface area contributed by atoms with Crippen LogP contribution in [0.2, 0.25) is 0 Å². The Morgan fingerprint density at radius 2 is 0.569 bits per heavy atom. The molecule has 2 aliphatic carbocycles. The molecule has 109 heavy (non-hydrogen) atoms. The van der Waals surface area contributed by atoms with Gasteiger partial charge in [0.15, 0.2) is 0 Å². The number of aryl methyl sites for hydroxylation is 1. The molecule has 5 aromatic heterocycles. The van der Waals surface area contributed by atoms with Crippen LogP contribution in [0.3, 0.4) is 0 Å². The van der Waals surface area contributed by atoms with Gasteiger partial charge in [0.05, 0.1) is 72.6 Å². The number of rotatable bonds is 11.